The molecule has 1 aromatic rings. The van der Waals surface area contributed by atoms with Crippen LogP contribution in [0.25, 0.3) is 0 Å². The standard InChI is InChI=1S/C14H17Cl2NO3S/c15-9-6-11-13(3-4-20-14(11)12(16)7-9)17-8-10-2-1-5-21(10,18)19/h6-7,10,13,17H,1-5,8H2. The van der Waals surface area contributed by atoms with Gasteiger partial charge in [-0.05, 0) is 25.0 Å². The number of rotatable bonds is 3. The predicted octanol–water partition coefficient (Wildman–Crippen LogP) is 2.98. The molecular weight excluding hydrogens is 333 g/mol. The van der Waals surface area contributed by atoms with Crippen molar-refractivity contribution in [1.82, 2.24) is 5.32 Å². The van der Waals surface area contributed by atoms with Crippen molar-refractivity contribution >= 4 is 33.0 Å². The highest BCUT2D eigenvalue weighted by molar-refractivity contribution is 7.92. The van der Waals surface area contributed by atoms with E-state index in [9.17, 15) is 8.42 Å². The zero-order valence-electron chi connectivity index (χ0n) is 11.4. The van der Waals surface area contributed by atoms with Crippen LogP contribution in [-0.2, 0) is 9.84 Å². The molecule has 1 fully saturated rings. The summed E-state index contributed by atoms with van der Waals surface area (Å²) in [7, 11) is -2.93. The van der Waals surface area contributed by atoms with Gasteiger partial charge >= 0.3 is 0 Å². The molecule has 0 aliphatic carbocycles. The average Bonchev–Trinajstić information content (AvgIpc) is 2.75. The van der Waals surface area contributed by atoms with Gasteiger partial charge in [0.25, 0.3) is 0 Å². The fraction of sp³-hybridized carbons (Fsp3) is 0.571. The van der Waals surface area contributed by atoms with Crippen LogP contribution in [0.15, 0.2) is 12.1 Å². The van der Waals surface area contributed by atoms with Gasteiger partial charge in [-0.2, -0.15) is 0 Å². The predicted molar refractivity (Wildman–Crippen MR) is 84.1 cm³/mol. The summed E-state index contributed by atoms with van der Waals surface area (Å²) in [4.78, 5) is 0. The van der Waals surface area contributed by atoms with Gasteiger partial charge in [0.05, 0.1) is 22.6 Å². The monoisotopic (exact) mass is 349 g/mol. The quantitative estimate of drug-likeness (QED) is 0.911. The minimum Gasteiger partial charge on any atom is -0.492 e. The fourth-order valence-electron chi connectivity index (χ4n) is 3.00. The lowest BCUT2D eigenvalue weighted by Gasteiger charge is -2.28. The average molecular weight is 350 g/mol. The van der Waals surface area contributed by atoms with Crippen molar-refractivity contribution in [3.8, 4) is 5.75 Å². The zero-order valence-corrected chi connectivity index (χ0v) is 13.8. The van der Waals surface area contributed by atoms with E-state index < -0.39 is 9.84 Å². The molecule has 116 valence electrons. The highest BCUT2D eigenvalue weighted by atomic mass is 35.5. The van der Waals surface area contributed by atoms with E-state index in [0.717, 1.165) is 24.8 Å². The molecule has 4 nitrogen and oxygen atoms in total. The second-order valence-electron chi connectivity index (χ2n) is 5.54. The number of sulfone groups is 1. The van der Waals surface area contributed by atoms with Crippen LogP contribution >= 0.6 is 23.2 Å². The molecule has 2 heterocycles. The molecule has 0 spiro atoms. The molecule has 2 aliphatic rings. The summed E-state index contributed by atoms with van der Waals surface area (Å²) >= 11 is 12.2. The summed E-state index contributed by atoms with van der Waals surface area (Å²) in [5.41, 5.74) is 0.911. The van der Waals surface area contributed by atoms with Gasteiger partial charge in [0.15, 0.2) is 9.84 Å². The topological polar surface area (TPSA) is 55.4 Å². The maximum absolute atomic E-state index is 11.9. The van der Waals surface area contributed by atoms with Gasteiger partial charge in [0.2, 0.25) is 0 Å². The molecular formula is C14H17Cl2NO3S. The summed E-state index contributed by atoms with van der Waals surface area (Å²) in [6.07, 6.45) is 2.27. The molecule has 0 bridgehead atoms. The van der Waals surface area contributed by atoms with E-state index >= 15 is 0 Å². The van der Waals surface area contributed by atoms with E-state index in [1.165, 1.54) is 0 Å². The third-order valence-corrected chi connectivity index (χ3v) is 6.89. The van der Waals surface area contributed by atoms with Gasteiger partial charge in [-0.15, -0.1) is 0 Å². The number of hydrogen-bond acceptors (Lipinski definition) is 4. The van der Waals surface area contributed by atoms with Gasteiger partial charge in [0, 0.05) is 29.6 Å². The van der Waals surface area contributed by atoms with Gasteiger partial charge in [-0.1, -0.05) is 23.2 Å². The maximum Gasteiger partial charge on any atom is 0.154 e. The summed E-state index contributed by atoms with van der Waals surface area (Å²) in [6, 6.07) is 3.52. The van der Waals surface area contributed by atoms with E-state index in [-0.39, 0.29) is 11.3 Å². The fourth-order valence-corrected chi connectivity index (χ4v) is 5.34. The molecule has 1 N–H and O–H groups in total. The molecule has 2 unspecified atom stereocenters. The van der Waals surface area contributed by atoms with Crippen molar-refractivity contribution in [3.63, 3.8) is 0 Å². The third kappa shape index (κ3) is 3.16. The lowest BCUT2D eigenvalue weighted by Crippen LogP contribution is -2.35. The van der Waals surface area contributed by atoms with Crippen molar-refractivity contribution in [2.24, 2.45) is 0 Å². The summed E-state index contributed by atoms with van der Waals surface area (Å²) < 4.78 is 29.4. The van der Waals surface area contributed by atoms with Crippen LogP contribution in [0.4, 0.5) is 0 Å². The van der Waals surface area contributed by atoms with Crippen LogP contribution in [0.3, 0.4) is 0 Å². The lowest BCUT2D eigenvalue weighted by molar-refractivity contribution is 0.253. The Morgan fingerprint density at radius 1 is 1.29 bits per heavy atom. The lowest BCUT2D eigenvalue weighted by atomic mass is 10.0. The van der Waals surface area contributed by atoms with Crippen molar-refractivity contribution < 1.29 is 13.2 Å². The molecule has 1 saturated heterocycles. The smallest absolute Gasteiger partial charge is 0.154 e. The second-order valence-corrected chi connectivity index (χ2v) is 8.78. The highest BCUT2D eigenvalue weighted by Gasteiger charge is 2.32. The Balaban J connectivity index is 1.77. The largest absolute Gasteiger partial charge is 0.492 e. The van der Waals surface area contributed by atoms with Crippen molar-refractivity contribution in [2.45, 2.75) is 30.6 Å². The van der Waals surface area contributed by atoms with Crippen molar-refractivity contribution in [1.29, 1.82) is 0 Å². The summed E-state index contributed by atoms with van der Waals surface area (Å²) in [5.74, 6) is 0.959. The number of nitrogens with one attached hydrogen (secondary N) is 1. The molecule has 0 radical (unpaired) electrons. The van der Waals surface area contributed by atoms with Crippen LogP contribution in [0.5, 0.6) is 5.75 Å². The van der Waals surface area contributed by atoms with Crippen LogP contribution in [0, 0.1) is 0 Å². The number of halogens is 2. The molecule has 21 heavy (non-hydrogen) atoms. The van der Waals surface area contributed by atoms with E-state index in [4.69, 9.17) is 27.9 Å². The zero-order chi connectivity index (χ0) is 15.0. The van der Waals surface area contributed by atoms with E-state index in [2.05, 4.69) is 5.32 Å². The van der Waals surface area contributed by atoms with E-state index in [1.807, 2.05) is 6.07 Å². The first-order valence-corrected chi connectivity index (χ1v) is 9.51. The SMILES string of the molecule is O=S1(=O)CCCC1CNC1CCOc2c(Cl)cc(Cl)cc21. The third-order valence-electron chi connectivity index (χ3n) is 4.12. The van der Waals surface area contributed by atoms with E-state index in [1.54, 1.807) is 6.07 Å². The second kappa shape index (κ2) is 5.95. The Morgan fingerprint density at radius 3 is 2.81 bits per heavy atom. The molecule has 2 aliphatic heterocycles. The Labute approximate surface area is 134 Å². The first-order chi connectivity index (χ1) is 9.97. The van der Waals surface area contributed by atoms with Crippen molar-refractivity contribution in [3.05, 3.63) is 27.7 Å². The molecule has 0 aromatic heterocycles. The normalized spacial score (nSPS) is 27.1. The Morgan fingerprint density at radius 2 is 2.10 bits per heavy atom. The number of ether oxygens (including phenoxy) is 1. The van der Waals surface area contributed by atoms with Gasteiger partial charge in [-0.25, -0.2) is 8.42 Å². The minimum atomic E-state index is -2.93. The molecule has 0 saturated carbocycles. The molecule has 2 atom stereocenters. The van der Waals surface area contributed by atoms with Gasteiger partial charge in [-0.3, -0.25) is 0 Å². The molecule has 0 amide bonds. The first-order valence-electron chi connectivity index (χ1n) is 7.04. The van der Waals surface area contributed by atoms with Gasteiger partial charge < -0.3 is 10.1 Å². The molecule has 7 heteroatoms. The Kier molecular flexibility index (Phi) is 4.37. The Bertz CT molecular complexity index is 648. The van der Waals surface area contributed by atoms with Crippen LogP contribution in [0.2, 0.25) is 10.0 Å². The summed E-state index contributed by atoms with van der Waals surface area (Å²) in [6.45, 7) is 1.03. The highest BCUT2D eigenvalue weighted by Crippen LogP contribution is 2.40. The number of hydrogen-bond donors (Lipinski definition) is 1. The van der Waals surface area contributed by atoms with Gasteiger partial charge in [0.1, 0.15) is 5.75 Å². The maximum atomic E-state index is 11.9. The minimum absolute atomic E-state index is 0.0285. The van der Waals surface area contributed by atoms with Crippen LogP contribution < -0.4 is 10.1 Å². The van der Waals surface area contributed by atoms with Crippen LogP contribution in [0.1, 0.15) is 30.9 Å². The summed E-state index contributed by atoms with van der Waals surface area (Å²) in [5, 5.41) is 4.13. The van der Waals surface area contributed by atoms with Crippen LogP contribution in [-0.4, -0.2) is 32.6 Å². The molecule has 1 aromatic carbocycles. The molecule has 3 rings (SSSR count). The van der Waals surface area contributed by atoms with E-state index in [0.29, 0.717) is 34.7 Å². The van der Waals surface area contributed by atoms with Crippen molar-refractivity contribution in [2.75, 3.05) is 18.9 Å². The first kappa shape index (κ1) is 15.4. The number of benzene rings is 1. The Hall–Kier alpha value is -0.490. The number of fused-ring (bicyclic) bond motifs is 1.